The first-order chi connectivity index (χ1) is 11.4. The van der Waals surface area contributed by atoms with E-state index in [-0.39, 0.29) is 17.3 Å². The summed E-state index contributed by atoms with van der Waals surface area (Å²) in [6.45, 7) is 4.29. The molecule has 0 fully saturated rings. The molecule has 0 aromatic carbocycles. The van der Waals surface area contributed by atoms with E-state index in [0.717, 1.165) is 10.7 Å². The molecule has 6 nitrogen and oxygen atoms in total. The Morgan fingerprint density at radius 2 is 2.21 bits per heavy atom. The average molecular weight is 345 g/mol. The van der Waals surface area contributed by atoms with E-state index in [1.165, 1.54) is 6.07 Å². The zero-order valence-electron chi connectivity index (χ0n) is 13.6. The van der Waals surface area contributed by atoms with Crippen LogP contribution in [-0.4, -0.2) is 28.2 Å². The van der Waals surface area contributed by atoms with Gasteiger partial charge < -0.3 is 10.3 Å². The van der Waals surface area contributed by atoms with Gasteiger partial charge in [-0.3, -0.25) is 14.4 Å². The molecule has 2 aromatic heterocycles. The summed E-state index contributed by atoms with van der Waals surface area (Å²) in [7, 11) is 0. The maximum Gasteiger partial charge on any atom is 0.261 e. The molecular formula is C17H19N3O3S. The molecule has 0 bridgehead atoms. The molecule has 1 aliphatic rings. The minimum Gasteiger partial charge on any atom is -0.351 e. The minimum atomic E-state index is -0.459. The zero-order valence-corrected chi connectivity index (χ0v) is 14.5. The number of hydrogen-bond donors (Lipinski definition) is 2. The number of rotatable bonds is 4. The van der Waals surface area contributed by atoms with Gasteiger partial charge in [0.1, 0.15) is 5.56 Å². The van der Waals surface area contributed by atoms with Crippen LogP contribution in [0.15, 0.2) is 16.2 Å². The van der Waals surface area contributed by atoms with Crippen LogP contribution in [-0.2, 0) is 12.8 Å². The van der Waals surface area contributed by atoms with Crippen molar-refractivity contribution in [3.05, 3.63) is 49.3 Å². The maximum atomic E-state index is 12.3. The third-order valence-corrected chi connectivity index (χ3v) is 5.07. The second-order valence-electron chi connectivity index (χ2n) is 6.23. The van der Waals surface area contributed by atoms with E-state index < -0.39 is 11.5 Å². The number of aromatic nitrogens is 2. The summed E-state index contributed by atoms with van der Waals surface area (Å²) in [5.74, 6) is -0.270. The van der Waals surface area contributed by atoms with E-state index in [2.05, 4.69) is 15.3 Å². The molecule has 2 aromatic rings. The van der Waals surface area contributed by atoms with Crippen LogP contribution in [0.3, 0.4) is 0 Å². The predicted octanol–water partition coefficient (Wildman–Crippen LogP) is 1.88. The molecular weight excluding hydrogens is 326 g/mol. The molecule has 0 radical (unpaired) electrons. The van der Waals surface area contributed by atoms with Crippen LogP contribution in [0.2, 0.25) is 0 Å². The van der Waals surface area contributed by atoms with Crippen molar-refractivity contribution >= 4 is 23.0 Å². The number of aryl methyl sites for hydroxylation is 1. The average Bonchev–Trinajstić information content (AvgIpc) is 2.91. The third kappa shape index (κ3) is 3.46. The number of nitrogens with zero attached hydrogens (tertiary/aromatic N) is 1. The summed E-state index contributed by atoms with van der Waals surface area (Å²) in [4.78, 5) is 43.6. The topological polar surface area (TPSA) is 91.9 Å². The molecule has 0 aliphatic heterocycles. The largest absolute Gasteiger partial charge is 0.351 e. The van der Waals surface area contributed by atoms with Gasteiger partial charge in [0.05, 0.1) is 5.01 Å². The highest BCUT2D eigenvalue weighted by molar-refractivity contribution is 7.09. The number of nitrogens with one attached hydrogen (secondary N) is 2. The number of ketones is 1. The minimum absolute atomic E-state index is 0.00743. The molecule has 2 heterocycles. The highest BCUT2D eigenvalue weighted by Gasteiger charge is 2.25. The second kappa shape index (κ2) is 6.68. The summed E-state index contributed by atoms with van der Waals surface area (Å²) in [5.41, 5.74) is 1.61. The first kappa shape index (κ1) is 16.6. The lowest BCUT2D eigenvalue weighted by Gasteiger charge is -2.20. The Kier molecular flexibility index (Phi) is 4.62. The number of pyridine rings is 1. The molecule has 1 amide bonds. The van der Waals surface area contributed by atoms with Crippen molar-refractivity contribution in [1.82, 2.24) is 15.3 Å². The van der Waals surface area contributed by atoms with Gasteiger partial charge in [-0.1, -0.05) is 6.92 Å². The van der Waals surface area contributed by atoms with Crippen LogP contribution < -0.4 is 10.9 Å². The highest BCUT2D eigenvalue weighted by Crippen LogP contribution is 2.23. The number of carbonyl (C=O) groups is 2. The number of fused-ring (bicyclic) bond motifs is 1. The van der Waals surface area contributed by atoms with Crippen molar-refractivity contribution in [3.8, 4) is 0 Å². The SMILES string of the molecule is Cc1csc(CCNC(=O)c2cc3c([nH]c2=O)CC(C)CC3=O)n1. The van der Waals surface area contributed by atoms with Crippen LogP contribution in [0.25, 0.3) is 0 Å². The molecule has 7 heteroatoms. The van der Waals surface area contributed by atoms with Crippen LogP contribution in [0.5, 0.6) is 0 Å². The Labute approximate surface area is 143 Å². The van der Waals surface area contributed by atoms with Gasteiger partial charge in [-0.15, -0.1) is 11.3 Å². The van der Waals surface area contributed by atoms with Crippen LogP contribution in [0.1, 0.15) is 50.5 Å². The number of amides is 1. The first-order valence-electron chi connectivity index (χ1n) is 7.92. The molecule has 24 heavy (non-hydrogen) atoms. The summed E-state index contributed by atoms with van der Waals surface area (Å²) in [5, 5.41) is 5.62. The highest BCUT2D eigenvalue weighted by atomic mass is 32.1. The molecule has 2 N–H and O–H groups in total. The molecule has 0 saturated heterocycles. The molecule has 1 unspecified atom stereocenters. The van der Waals surface area contributed by atoms with Crippen molar-refractivity contribution in [1.29, 1.82) is 0 Å². The molecule has 3 rings (SSSR count). The lowest BCUT2D eigenvalue weighted by atomic mass is 9.86. The second-order valence-corrected chi connectivity index (χ2v) is 7.17. The Balaban J connectivity index is 1.72. The quantitative estimate of drug-likeness (QED) is 0.885. The van der Waals surface area contributed by atoms with Gasteiger partial charge in [0.2, 0.25) is 0 Å². The van der Waals surface area contributed by atoms with Gasteiger partial charge >= 0.3 is 0 Å². The maximum absolute atomic E-state index is 12.3. The van der Waals surface area contributed by atoms with Crippen molar-refractivity contribution in [3.63, 3.8) is 0 Å². The van der Waals surface area contributed by atoms with E-state index in [1.807, 2.05) is 19.2 Å². The lowest BCUT2D eigenvalue weighted by Crippen LogP contribution is -2.33. The van der Waals surface area contributed by atoms with E-state index in [1.54, 1.807) is 11.3 Å². The van der Waals surface area contributed by atoms with Gasteiger partial charge in [0.25, 0.3) is 11.5 Å². The van der Waals surface area contributed by atoms with Crippen molar-refractivity contribution in [2.45, 2.75) is 33.1 Å². The molecule has 1 aliphatic carbocycles. The van der Waals surface area contributed by atoms with Crippen LogP contribution in [0, 0.1) is 12.8 Å². The van der Waals surface area contributed by atoms with Crippen molar-refractivity contribution in [2.24, 2.45) is 5.92 Å². The fraction of sp³-hybridized carbons (Fsp3) is 0.412. The number of thiazole rings is 1. The summed E-state index contributed by atoms with van der Waals surface area (Å²) in [6, 6.07) is 1.44. The van der Waals surface area contributed by atoms with Crippen molar-refractivity contribution in [2.75, 3.05) is 6.54 Å². The monoisotopic (exact) mass is 345 g/mol. The van der Waals surface area contributed by atoms with E-state index >= 15 is 0 Å². The van der Waals surface area contributed by atoms with Crippen molar-refractivity contribution < 1.29 is 9.59 Å². The molecule has 0 spiro atoms. The number of hydrogen-bond acceptors (Lipinski definition) is 5. The molecule has 0 saturated carbocycles. The zero-order chi connectivity index (χ0) is 17.3. The normalized spacial score (nSPS) is 16.8. The van der Waals surface area contributed by atoms with Gasteiger partial charge in [0.15, 0.2) is 5.78 Å². The van der Waals surface area contributed by atoms with Crippen LogP contribution in [0.4, 0.5) is 0 Å². The standard InChI is InChI=1S/C17H19N3O3S/c1-9-5-13-11(14(21)6-9)7-12(17(23)20-13)16(22)18-4-3-15-19-10(2)8-24-15/h7-9H,3-6H2,1-2H3,(H,18,22)(H,20,23). The first-order valence-corrected chi connectivity index (χ1v) is 8.80. The Bertz CT molecular complexity index is 853. The summed E-state index contributed by atoms with van der Waals surface area (Å²) >= 11 is 1.54. The number of aromatic amines is 1. The number of Topliss-reactive ketones (excluding diaryl/α,β-unsaturated/α-hetero) is 1. The Morgan fingerprint density at radius 1 is 1.42 bits per heavy atom. The lowest BCUT2D eigenvalue weighted by molar-refractivity contribution is 0.0951. The predicted molar refractivity (Wildman–Crippen MR) is 91.8 cm³/mol. The van der Waals surface area contributed by atoms with E-state index in [0.29, 0.717) is 37.1 Å². The third-order valence-electron chi connectivity index (χ3n) is 4.05. The molecule has 1 atom stereocenters. The fourth-order valence-electron chi connectivity index (χ4n) is 2.89. The van der Waals surface area contributed by atoms with Gasteiger partial charge in [-0.2, -0.15) is 0 Å². The van der Waals surface area contributed by atoms with E-state index in [9.17, 15) is 14.4 Å². The number of carbonyl (C=O) groups excluding carboxylic acids is 2. The molecule has 126 valence electrons. The summed E-state index contributed by atoms with van der Waals surface area (Å²) < 4.78 is 0. The Morgan fingerprint density at radius 3 is 2.92 bits per heavy atom. The fourth-order valence-corrected chi connectivity index (χ4v) is 3.67. The number of H-pyrrole nitrogens is 1. The van der Waals surface area contributed by atoms with Crippen LogP contribution >= 0.6 is 11.3 Å². The van der Waals surface area contributed by atoms with Gasteiger partial charge in [-0.25, -0.2) is 4.98 Å². The Hall–Kier alpha value is -2.28. The smallest absolute Gasteiger partial charge is 0.261 e. The van der Waals surface area contributed by atoms with Gasteiger partial charge in [-0.05, 0) is 25.3 Å². The van der Waals surface area contributed by atoms with Gasteiger partial charge in [0, 0.05) is 41.7 Å². The van der Waals surface area contributed by atoms with E-state index in [4.69, 9.17) is 0 Å². The summed E-state index contributed by atoms with van der Waals surface area (Å²) in [6.07, 6.45) is 1.72.